The molecule has 8 nitrogen and oxygen atoms in total. The van der Waals surface area contributed by atoms with Crippen molar-refractivity contribution in [1.29, 1.82) is 0 Å². The number of benzene rings is 1. The maximum absolute atomic E-state index is 13.0. The number of hydrogen-bond acceptors (Lipinski definition) is 6. The summed E-state index contributed by atoms with van der Waals surface area (Å²) in [6, 6.07) is 14.4. The lowest BCUT2D eigenvalue weighted by molar-refractivity contribution is 0.102. The quantitative estimate of drug-likeness (QED) is 0.529. The summed E-state index contributed by atoms with van der Waals surface area (Å²) >= 11 is 0. The number of carbonyl (C=O) groups excluding carboxylic acids is 1. The van der Waals surface area contributed by atoms with Gasteiger partial charge >= 0.3 is 0 Å². The molecule has 4 rings (SSSR count). The summed E-state index contributed by atoms with van der Waals surface area (Å²) in [7, 11) is 3.11. The van der Waals surface area contributed by atoms with Crippen LogP contribution in [0, 0.1) is 0 Å². The molecule has 30 heavy (non-hydrogen) atoms. The normalized spacial score (nSPS) is 10.8. The summed E-state index contributed by atoms with van der Waals surface area (Å²) in [5.74, 6) is 0.793. The van der Waals surface area contributed by atoms with Gasteiger partial charge in [-0.2, -0.15) is 5.10 Å². The fraction of sp³-hybridized carbons (Fsp3) is 0.182. The first-order chi connectivity index (χ1) is 14.6. The third-order valence-electron chi connectivity index (χ3n) is 4.68. The van der Waals surface area contributed by atoms with E-state index in [-0.39, 0.29) is 11.6 Å². The van der Waals surface area contributed by atoms with E-state index in [0.29, 0.717) is 34.9 Å². The van der Waals surface area contributed by atoms with Gasteiger partial charge in [0.1, 0.15) is 22.9 Å². The molecule has 3 heterocycles. The Morgan fingerprint density at radius 2 is 1.93 bits per heavy atom. The average molecular weight is 403 g/mol. The van der Waals surface area contributed by atoms with Gasteiger partial charge in [0.2, 0.25) is 0 Å². The Hall–Kier alpha value is -3.94. The molecule has 3 aromatic heterocycles. The lowest BCUT2D eigenvalue weighted by atomic mass is 10.2. The van der Waals surface area contributed by atoms with Crippen LogP contribution in [0.2, 0.25) is 0 Å². The minimum absolute atomic E-state index is 0.289. The Morgan fingerprint density at radius 3 is 2.63 bits per heavy atom. The standard InChI is InChI=1S/C22H21N5O3/c1-4-14-11-19(22(28)25-18-12-15(29-2)8-9-20(18)30-3)24-21-13-17(26-27(14)21)16-7-5-6-10-23-16/h5-13H,4H2,1-3H3,(H,25,28). The third-order valence-corrected chi connectivity index (χ3v) is 4.68. The summed E-state index contributed by atoms with van der Waals surface area (Å²) in [6.45, 7) is 2.00. The number of carbonyl (C=O) groups is 1. The van der Waals surface area contributed by atoms with E-state index in [1.54, 1.807) is 49.2 Å². The van der Waals surface area contributed by atoms with E-state index in [9.17, 15) is 4.79 Å². The van der Waals surface area contributed by atoms with Gasteiger partial charge in [0.25, 0.3) is 5.91 Å². The Bertz CT molecular complexity index is 1200. The highest BCUT2D eigenvalue weighted by Crippen LogP contribution is 2.29. The zero-order valence-corrected chi connectivity index (χ0v) is 16.9. The van der Waals surface area contributed by atoms with Gasteiger partial charge in [-0.05, 0) is 36.8 Å². The molecule has 8 heteroatoms. The van der Waals surface area contributed by atoms with E-state index in [0.717, 1.165) is 11.4 Å². The minimum Gasteiger partial charge on any atom is -0.497 e. The van der Waals surface area contributed by atoms with Crippen LogP contribution in [0.3, 0.4) is 0 Å². The van der Waals surface area contributed by atoms with E-state index in [1.165, 1.54) is 0 Å². The zero-order valence-electron chi connectivity index (χ0n) is 16.9. The van der Waals surface area contributed by atoms with Crippen molar-refractivity contribution < 1.29 is 14.3 Å². The molecule has 0 unspecified atom stereocenters. The highest BCUT2D eigenvalue weighted by molar-refractivity contribution is 6.04. The minimum atomic E-state index is -0.348. The number of rotatable bonds is 6. The van der Waals surface area contributed by atoms with Crippen LogP contribution in [-0.2, 0) is 6.42 Å². The number of nitrogens with one attached hydrogen (secondary N) is 1. The van der Waals surface area contributed by atoms with Crippen LogP contribution in [-0.4, -0.2) is 39.7 Å². The smallest absolute Gasteiger partial charge is 0.274 e. The molecule has 1 aromatic carbocycles. The van der Waals surface area contributed by atoms with Gasteiger partial charge < -0.3 is 14.8 Å². The summed E-state index contributed by atoms with van der Waals surface area (Å²) in [4.78, 5) is 21.8. The van der Waals surface area contributed by atoms with Crippen molar-refractivity contribution in [2.75, 3.05) is 19.5 Å². The number of methoxy groups -OCH3 is 2. The molecule has 4 aromatic rings. The predicted molar refractivity (Wildman–Crippen MR) is 113 cm³/mol. The first kappa shape index (κ1) is 19.4. The van der Waals surface area contributed by atoms with Crippen molar-refractivity contribution in [2.45, 2.75) is 13.3 Å². The van der Waals surface area contributed by atoms with Gasteiger partial charge in [-0.1, -0.05) is 13.0 Å². The van der Waals surface area contributed by atoms with Crippen LogP contribution in [0.1, 0.15) is 23.1 Å². The molecule has 0 bridgehead atoms. The third kappa shape index (κ3) is 3.67. The van der Waals surface area contributed by atoms with Gasteiger partial charge in [0.05, 0.1) is 25.6 Å². The van der Waals surface area contributed by atoms with Crippen LogP contribution in [0.4, 0.5) is 5.69 Å². The molecule has 0 spiro atoms. The van der Waals surface area contributed by atoms with Crippen molar-refractivity contribution in [2.24, 2.45) is 0 Å². The van der Waals surface area contributed by atoms with Gasteiger partial charge in [0, 0.05) is 24.0 Å². The maximum Gasteiger partial charge on any atom is 0.274 e. The molecule has 0 aliphatic rings. The highest BCUT2D eigenvalue weighted by atomic mass is 16.5. The van der Waals surface area contributed by atoms with E-state index < -0.39 is 0 Å². The van der Waals surface area contributed by atoms with Crippen LogP contribution >= 0.6 is 0 Å². The number of nitrogens with zero attached hydrogens (tertiary/aromatic N) is 4. The van der Waals surface area contributed by atoms with Crippen LogP contribution in [0.5, 0.6) is 11.5 Å². The molecule has 0 fully saturated rings. The van der Waals surface area contributed by atoms with Crippen LogP contribution in [0.25, 0.3) is 17.0 Å². The van der Waals surface area contributed by atoms with Gasteiger partial charge in [0.15, 0.2) is 5.65 Å². The Labute approximate surface area is 173 Å². The average Bonchev–Trinajstić information content (AvgIpc) is 3.23. The summed E-state index contributed by atoms with van der Waals surface area (Å²) in [5, 5.41) is 7.47. The first-order valence-corrected chi connectivity index (χ1v) is 9.47. The first-order valence-electron chi connectivity index (χ1n) is 9.47. The van der Waals surface area contributed by atoms with E-state index in [4.69, 9.17) is 9.47 Å². The van der Waals surface area contributed by atoms with Crippen LogP contribution < -0.4 is 14.8 Å². The molecule has 0 aliphatic heterocycles. The Kier molecular flexibility index (Phi) is 5.30. The molecule has 0 aliphatic carbocycles. The predicted octanol–water partition coefficient (Wildman–Crippen LogP) is 3.62. The Balaban J connectivity index is 1.71. The number of hydrogen-bond donors (Lipinski definition) is 1. The number of aryl methyl sites for hydroxylation is 1. The fourth-order valence-corrected chi connectivity index (χ4v) is 3.14. The summed E-state index contributed by atoms with van der Waals surface area (Å²) in [6.07, 6.45) is 2.40. The lowest BCUT2D eigenvalue weighted by Gasteiger charge is -2.12. The number of ether oxygens (including phenoxy) is 2. The number of amides is 1. The highest BCUT2D eigenvalue weighted by Gasteiger charge is 2.16. The summed E-state index contributed by atoms with van der Waals surface area (Å²) < 4.78 is 12.3. The molecule has 0 atom stereocenters. The molecular formula is C22H21N5O3. The second kappa shape index (κ2) is 8.20. The molecular weight excluding hydrogens is 382 g/mol. The molecule has 1 N–H and O–H groups in total. The molecule has 0 saturated carbocycles. The topological polar surface area (TPSA) is 90.6 Å². The number of fused-ring (bicyclic) bond motifs is 1. The van der Waals surface area contributed by atoms with Gasteiger partial charge in [-0.3, -0.25) is 9.78 Å². The monoisotopic (exact) mass is 403 g/mol. The van der Waals surface area contributed by atoms with E-state index in [2.05, 4.69) is 20.4 Å². The fourth-order valence-electron chi connectivity index (χ4n) is 3.14. The lowest BCUT2D eigenvalue weighted by Crippen LogP contribution is -2.16. The van der Waals surface area contributed by atoms with Crippen molar-refractivity contribution >= 4 is 17.2 Å². The zero-order chi connectivity index (χ0) is 21.1. The van der Waals surface area contributed by atoms with Crippen molar-refractivity contribution in [1.82, 2.24) is 19.6 Å². The molecule has 0 radical (unpaired) electrons. The van der Waals surface area contributed by atoms with Crippen molar-refractivity contribution in [3.05, 3.63) is 66.1 Å². The summed E-state index contributed by atoms with van der Waals surface area (Å²) in [5.41, 5.74) is 3.69. The largest absolute Gasteiger partial charge is 0.497 e. The second-order valence-electron chi connectivity index (χ2n) is 6.52. The SMILES string of the molecule is CCc1cc(C(=O)Nc2cc(OC)ccc2OC)nc2cc(-c3ccccn3)nn12. The van der Waals surface area contributed by atoms with Crippen LogP contribution in [0.15, 0.2) is 54.7 Å². The number of pyridine rings is 1. The number of aromatic nitrogens is 4. The van der Waals surface area contributed by atoms with Crippen molar-refractivity contribution in [3.8, 4) is 22.9 Å². The second-order valence-corrected chi connectivity index (χ2v) is 6.52. The van der Waals surface area contributed by atoms with Crippen molar-refractivity contribution in [3.63, 3.8) is 0 Å². The maximum atomic E-state index is 13.0. The Morgan fingerprint density at radius 1 is 1.07 bits per heavy atom. The molecule has 152 valence electrons. The molecule has 0 saturated heterocycles. The number of anilines is 1. The van der Waals surface area contributed by atoms with Gasteiger partial charge in [-0.15, -0.1) is 0 Å². The molecule has 1 amide bonds. The van der Waals surface area contributed by atoms with E-state index in [1.807, 2.05) is 31.2 Å². The van der Waals surface area contributed by atoms with Gasteiger partial charge in [-0.25, -0.2) is 9.50 Å². The van der Waals surface area contributed by atoms with E-state index >= 15 is 0 Å².